The van der Waals surface area contributed by atoms with Crippen molar-refractivity contribution in [2.75, 3.05) is 6.54 Å². The van der Waals surface area contributed by atoms with Crippen LogP contribution in [0.4, 0.5) is 0 Å². The van der Waals surface area contributed by atoms with Crippen LogP contribution >= 0.6 is 11.6 Å². The van der Waals surface area contributed by atoms with Crippen molar-refractivity contribution in [1.29, 1.82) is 0 Å². The molecule has 0 atom stereocenters. The van der Waals surface area contributed by atoms with Gasteiger partial charge in [0.1, 0.15) is 5.75 Å². The molecule has 0 aromatic heterocycles. The Bertz CT molecular complexity index is 838. The molecule has 29 heavy (non-hydrogen) atoms. The highest BCUT2D eigenvalue weighted by Crippen LogP contribution is 2.20. The average Bonchev–Trinajstić information content (AvgIpc) is 2.62. The molecule has 0 fully saturated rings. The van der Waals surface area contributed by atoms with Gasteiger partial charge < -0.3 is 15.4 Å². The molecule has 2 rings (SSSR count). The quantitative estimate of drug-likeness (QED) is 0.703. The van der Waals surface area contributed by atoms with Gasteiger partial charge in [0.05, 0.1) is 0 Å². The predicted molar refractivity (Wildman–Crippen MR) is 117 cm³/mol. The van der Waals surface area contributed by atoms with Gasteiger partial charge in [-0.25, -0.2) is 0 Å². The number of nitrogens with one attached hydrogen (secondary N) is 2. The maximum atomic E-state index is 12.4. The molecule has 0 aliphatic heterocycles. The summed E-state index contributed by atoms with van der Waals surface area (Å²) in [6, 6.07) is 14.3. The van der Waals surface area contributed by atoms with Crippen LogP contribution in [0.2, 0.25) is 5.02 Å². The Morgan fingerprint density at radius 2 is 1.52 bits per heavy atom. The van der Waals surface area contributed by atoms with Crippen LogP contribution in [-0.2, 0) is 11.2 Å². The van der Waals surface area contributed by atoms with Gasteiger partial charge in [0.2, 0.25) is 0 Å². The smallest absolute Gasteiger partial charge is 0.264 e. The van der Waals surface area contributed by atoms with Crippen LogP contribution in [0.15, 0.2) is 48.5 Å². The van der Waals surface area contributed by atoms with Gasteiger partial charge in [-0.1, -0.05) is 23.7 Å². The van der Waals surface area contributed by atoms with E-state index in [1.807, 2.05) is 45.0 Å². The SMILES string of the molecule is CC(C)(C)NC(=O)C(C)(C)Oc1ccc(CCNC(=O)c2ccc(Cl)cc2)cc1. The zero-order valence-electron chi connectivity index (χ0n) is 17.6. The maximum Gasteiger partial charge on any atom is 0.264 e. The Kier molecular flexibility index (Phi) is 7.31. The molecule has 2 aromatic carbocycles. The molecule has 0 heterocycles. The van der Waals surface area contributed by atoms with E-state index in [9.17, 15) is 9.59 Å². The summed E-state index contributed by atoms with van der Waals surface area (Å²) in [5.41, 5.74) is 0.332. The summed E-state index contributed by atoms with van der Waals surface area (Å²) in [5, 5.41) is 6.42. The minimum absolute atomic E-state index is 0.131. The first-order valence-corrected chi connectivity index (χ1v) is 9.98. The van der Waals surface area contributed by atoms with Gasteiger partial charge in [0.15, 0.2) is 5.60 Å². The molecule has 6 heteroatoms. The lowest BCUT2D eigenvalue weighted by Gasteiger charge is -2.30. The Morgan fingerprint density at radius 3 is 2.07 bits per heavy atom. The Morgan fingerprint density at radius 1 is 0.931 bits per heavy atom. The summed E-state index contributed by atoms with van der Waals surface area (Å²) in [7, 11) is 0. The zero-order chi connectivity index (χ0) is 21.7. The maximum absolute atomic E-state index is 12.4. The molecule has 0 saturated heterocycles. The standard InChI is InChI=1S/C23H29ClN2O3/c1-22(2,3)26-21(28)23(4,5)29-19-12-6-16(7-13-19)14-15-25-20(27)17-8-10-18(24)11-9-17/h6-13H,14-15H2,1-5H3,(H,25,27)(H,26,28). The average molecular weight is 417 g/mol. The molecular weight excluding hydrogens is 388 g/mol. The number of carbonyl (C=O) groups is 2. The van der Waals surface area contributed by atoms with Crippen molar-refractivity contribution in [3.05, 3.63) is 64.7 Å². The highest BCUT2D eigenvalue weighted by atomic mass is 35.5. The lowest BCUT2D eigenvalue weighted by Crippen LogP contribution is -2.52. The van der Waals surface area contributed by atoms with E-state index in [1.165, 1.54) is 0 Å². The largest absolute Gasteiger partial charge is 0.478 e. The molecule has 0 spiro atoms. The first-order chi connectivity index (χ1) is 13.5. The molecule has 0 aliphatic carbocycles. The van der Waals surface area contributed by atoms with Crippen molar-refractivity contribution >= 4 is 23.4 Å². The van der Waals surface area contributed by atoms with Crippen LogP contribution in [0.25, 0.3) is 0 Å². The van der Waals surface area contributed by atoms with Crippen LogP contribution in [-0.4, -0.2) is 29.5 Å². The van der Waals surface area contributed by atoms with Gasteiger partial charge in [0, 0.05) is 22.7 Å². The fourth-order valence-corrected chi connectivity index (χ4v) is 2.71. The monoisotopic (exact) mass is 416 g/mol. The van der Waals surface area contributed by atoms with Gasteiger partial charge in [0.25, 0.3) is 11.8 Å². The number of rotatable bonds is 7. The normalized spacial score (nSPS) is 11.7. The number of halogens is 1. The summed E-state index contributed by atoms with van der Waals surface area (Å²) in [6.07, 6.45) is 0.688. The highest BCUT2D eigenvalue weighted by molar-refractivity contribution is 6.30. The predicted octanol–water partition coefficient (Wildman–Crippen LogP) is 4.38. The third kappa shape index (κ3) is 7.42. The molecule has 0 bridgehead atoms. The number of benzene rings is 2. The molecule has 2 aromatic rings. The molecule has 5 nitrogen and oxygen atoms in total. The minimum Gasteiger partial charge on any atom is -0.478 e. The van der Waals surface area contributed by atoms with Crippen molar-refractivity contribution in [1.82, 2.24) is 10.6 Å². The van der Waals surface area contributed by atoms with E-state index >= 15 is 0 Å². The van der Waals surface area contributed by atoms with Crippen molar-refractivity contribution in [3.63, 3.8) is 0 Å². The van der Waals surface area contributed by atoms with Gasteiger partial charge in [-0.05, 0) is 83.0 Å². The number of hydrogen-bond acceptors (Lipinski definition) is 3. The second kappa shape index (κ2) is 9.31. The lowest BCUT2D eigenvalue weighted by atomic mass is 10.0. The van der Waals surface area contributed by atoms with E-state index in [2.05, 4.69) is 10.6 Å². The van der Waals surface area contributed by atoms with Crippen LogP contribution in [0.1, 0.15) is 50.5 Å². The van der Waals surface area contributed by atoms with E-state index in [4.69, 9.17) is 16.3 Å². The van der Waals surface area contributed by atoms with Gasteiger partial charge >= 0.3 is 0 Å². The summed E-state index contributed by atoms with van der Waals surface area (Å²) >= 11 is 5.83. The fourth-order valence-electron chi connectivity index (χ4n) is 2.58. The zero-order valence-corrected chi connectivity index (χ0v) is 18.4. The van der Waals surface area contributed by atoms with Crippen molar-refractivity contribution < 1.29 is 14.3 Å². The molecular formula is C23H29ClN2O3. The Balaban J connectivity index is 1.86. The van der Waals surface area contributed by atoms with Crippen molar-refractivity contribution in [3.8, 4) is 5.75 Å². The van der Waals surface area contributed by atoms with Crippen LogP contribution < -0.4 is 15.4 Å². The first-order valence-electron chi connectivity index (χ1n) is 9.61. The molecule has 0 radical (unpaired) electrons. The third-order valence-electron chi connectivity index (χ3n) is 4.14. The summed E-state index contributed by atoms with van der Waals surface area (Å²) < 4.78 is 5.88. The fraction of sp³-hybridized carbons (Fsp3) is 0.391. The number of ether oxygens (including phenoxy) is 1. The molecule has 2 N–H and O–H groups in total. The van der Waals surface area contributed by atoms with Crippen molar-refractivity contribution in [2.24, 2.45) is 0 Å². The van der Waals surface area contributed by atoms with Crippen LogP contribution in [0.5, 0.6) is 5.75 Å². The van der Waals surface area contributed by atoms with E-state index in [1.54, 1.807) is 38.1 Å². The molecule has 0 saturated carbocycles. The molecule has 156 valence electrons. The lowest BCUT2D eigenvalue weighted by molar-refractivity contribution is -0.135. The first kappa shape index (κ1) is 22.8. The van der Waals surface area contributed by atoms with Gasteiger partial charge in [-0.2, -0.15) is 0 Å². The van der Waals surface area contributed by atoms with Crippen molar-refractivity contribution in [2.45, 2.75) is 52.2 Å². The summed E-state index contributed by atoms with van der Waals surface area (Å²) in [6.45, 7) is 9.80. The Hall–Kier alpha value is -2.53. The number of carbonyl (C=O) groups excluding carboxylic acids is 2. The van der Waals surface area contributed by atoms with E-state index < -0.39 is 5.60 Å². The van der Waals surface area contributed by atoms with Gasteiger partial charge in [-0.3, -0.25) is 9.59 Å². The highest BCUT2D eigenvalue weighted by Gasteiger charge is 2.32. The number of amides is 2. The van der Waals surface area contributed by atoms with Gasteiger partial charge in [-0.15, -0.1) is 0 Å². The molecule has 0 aliphatic rings. The molecule has 0 unspecified atom stereocenters. The summed E-state index contributed by atoms with van der Waals surface area (Å²) in [4.78, 5) is 24.5. The van der Waals surface area contributed by atoms with E-state index in [0.717, 1.165) is 5.56 Å². The number of hydrogen-bond donors (Lipinski definition) is 2. The summed E-state index contributed by atoms with van der Waals surface area (Å²) in [5.74, 6) is 0.320. The second-order valence-electron chi connectivity index (χ2n) is 8.47. The van der Waals surface area contributed by atoms with Crippen LogP contribution in [0, 0.1) is 0 Å². The van der Waals surface area contributed by atoms with E-state index in [0.29, 0.717) is 29.3 Å². The molecule has 2 amide bonds. The third-order valence-corrected chi connectivity index (χ3v) is 4.39. The topological polar surface area (TPSA) is 67.4 Å². The minimum atomic E-state index is -0.985. The van der Waals surface area contributed by atoms with Crippen LogP contribution in [0.3, 0.4) is 0 Å². The Labute approximate surface area is 177 Å². The van der Waals surface area contributed by atoms with E-state index in [-0.39, 0.29) is 17.4 Å². The second-order valence-corrected chi connectivity index (χ2v) is 8.91.